The van der Waals surface area contributed by atoms with E-state index < -0.39 is 0 Å². The molecule has 0 aromatic heterocycles. The number of halogens is 2. The Balaban J connectivity index is 0.00000272. The lowest BCUT2D eigenvalue weighted by atomic mass is 9.65. The van der Waals surface area contributed by atoms with Crippen LogP contribution in [-0.4, -0.2) is 38.3 Å². The first-order chi connectivity index (χ1) is 14.6. The van der Waals surface area contributed by atoms with Crippen molar-refractivity contribution in [2.75, 3.05) is 26.4 Å². The lowest BCUT2D eigenvalue weighted by molar-refractivity contribution is -0.133. The second-order valence-corrected chi connectivity index (χ2v) is 9.24. The highest BCUT2D eigenvalue weighted by atomic mass is 35.5. The summed E-state index contributed by atoms with van der Waals surface area (Å²) in [6, 6.07) is 8.40. The van der Waals surface area contributed by atoms with Crippen molar-refractivity contribution in [3.8, 4) is 5.75 Å². The molecule has 3 fully saturated rings. The van der Waals surface area contributed by atoms with Crippen LogP contribution in [0.5, 0.6) is 5.75 Å². The van der Waals surface area contributed by atoms with Gasteiger partial charge in [0, 0.05) is 31.4 Å². The van der Waals surface area contributed by atoms with Gasteiger partial charge in [0.2, 0.25) is 5.91 Å². The van der Waals surface area contributed by atoms with Crippen LogP contribution in [0.1, 0.15) is 56.9 Å². The summed E-state index contributed by atoms with van der Waals surface area (Å²) in [4.78, 5) is 13.3. The van der Waals surface area contributed by atoms with Gasteiger partial charge in [-0.1, -0.05) is 18.6 Å². The van der Waals surface area contributed by atoms with E-state index in [2.05, 4.69) is 17.4 Å². The number of hydrogen-bond donors (Lipinski definition) is 2. The van der Waals surface area contributed by atoms with Gasteiger partial charge in [0.25, 0.3) is 0 Å². The monoisotopic (exact) mass is 452 g/mol. The Labute approximate surface area is 190 Å². The van der Waals surface area contributed by atoms with Crippen LogP contribution in [0.4, 0.5) is 4.39 Å². The van der Waals surface area contributed by atoms with Gasteiger partial charge in [0.1, 0.15) is 12.4 Å². The van der Waals surface area contributed by atoms with E-state index in [4.69, 9.17) is 15.2 Å². The quantitative estimate of drug-likeness (QED) is 0.650. The summed E-state index contributed by atoms with van der Waals surface area (Å²) in [5.41, 5.74) is 7.04. The predicted molar refractivity (Wildman–Crippen MR) is 121 cm³/mol. The molecule has 1 aromatic rings. The number of ether oxygens (including phenoxy) is 2. The third-order valence-electron chi connectivity index (χ3n) is 7.42. The molecule has 1 amide bonds. The minimum absolute atomic E-state index is 0. The molecule has 172 valence electrons. The molecule has 1 aliphatic heterocycles. The van der Waals surface area contributed by atoms with Gasteiger partial charge in [-0.25, -0.2) is 4.39 Å². The number of carbonyl (C=O) groups excluding carboxylic acids is 1. The molecule has 2 aliphatic carbocycles. The molecule has 0 spiro atoms. The molecule has 0 radical (unpaired) electrons. The lowest BCUT2D eigenvalue weighted by Crippen LogP contribution is -2.48. The average molecular weight is 453 g/mol. The van der Waals surface area contributed by atoms with Crippen molar-refractivity contribution < 1.29 is 18.7 Å². The molecule has 7 heteroatoms. The maximum Gasteiger partial charge on any atom is 0.226 e. The van der Waals surface area contributed by atoms with Crippen LogP contribution in [0.25, 0.3) is 0 Å². The van der Waals surface area contributed by atoms with Gasteiger partial charge in [0.05, 0.1) is 11.7 Å². The molecule has 4 rings (SSSR count). The molecule has 31 heavy (non-hydrogen) atoms. The molecule has 3 N–H and O–H groups in total. The summed E-state index contributed by atoms with van der Waals surface area (Å²) in [6.07, 6.45) is 8.48. The van der Waals surface area contributed by atoms with E-state index in [-0.39, 0.29) is 48.3 Å². The fourth-order valence-corrected chi connectivity index (χ4v) is 5.59. The summed E-state index contributed by atoms with van der Waals surface area (Å²) in [5.74, 6) is 0.962. The summed E-state index contributed by atoms with van der Waals surface area (Å²) in [5, 5.41) is 3.34. The van der Waals surface area contributed by atoms with E-state index in [1.807, 2.05) is 12.1 Å². The molecule has 1 saturated heterocycles. The molecule has 2 saturated carbocycles. The lowest BCUT2D eigenvalue weighted by Gasteiger charge is -2.40. The van der Waals surface area contributed by atoms with Gasteiger partial charge in [0.15, 0.2) is 0 Å². The Morgan fingerprint density at radius 1 is 1.19 bits per heavy atom. The Bertz CT molecular complexity index is 782. The van der Waals surface area contributed by atoms with Crippen molar-refractivity contribution in [1.29, 1.82) is 0 Å². The van der Waals surface area contributed by atoms with Crippen molar-refractivity contribution in [2.45, 2.75) is 62.8 Å². The van der Waals surface area contributed by atoms with E-state index >= 15 is 0 Å². The minimum Gasteiger partial charge on any atom is -0.489 e. The molecule has 1 heterocycles. The molecule has 2 unspecified atom stereocenters. The van der Waals surface area contributed by atoms with Gasteiger partial charge < -0.3 is 20.5 Å². The van der Waals surface area contributed by atoms with E-state index in [0.717, 1.165) is 64.6 Å². The smallest absolute Gasteiger partial charge is 0.226 e. The fourth-order valence-electron chi connectivity index (χ4n) is 5.59. The zero-order valence-electron chi connectivity index (χ0n) is 18.0. The summed E-state index contributed by atoms with van der Waals surface area (Å²) in [7, 11) is 0. The van der Waals surface area contributed by atoms with Crippen molar-refractivity contribution in [3.05, 3.63) is 41.7 Å². The van der Waals surface area contributed by atoms with Crippen LogP contribution in [0.2, 0.25) is 0 Å². The summed E-state index contributed by atoms with van der Waals surface area (Å²) < 4.78 is 23.7. The molecular formula is C24H34ClFN2O3. The van der Waals surface area contributed by atoms with Crippen LogP contribution in [-0.2, 0) is 14.9 Å². The first kappa shape index (κ1) is 24.0. The second-order valence-electron chi connectivity index (χ2n) is 9.24. The Kier molecular flexibility index (Phi) is 8.00. The SMILES string of the molecule is Cl.NC/C(=C\F)COc1ccc(C23CCCC(C(=O)NC4CCOCC4)(CC2)C3)cc1. The maximum absolute atomic E-state index is 13.3. The fraction of sp³-hybridized carbons (Fsp3) is 0.625. The first-order valence-electron chi connectivity index (χ1n) is 11.2. The highest BCUT2D eigenvalue weighted by Gasteiger charge is 2.55. The van der Waals surface area contributed by atoms with Gasteiger partial charge in [-0.2, -0.15) is 0 Å². The maximum atomic E-state index is 13.3. The van der Waals surface area contributed by atoms with E-state index in [0.29, 0.717) is 17.7 Å². The van der Waals surface area contributed by atoms with Crippen LogP contribution in [0.3, 0.4) is 0 Å². The largest absolute Gasteiger partial charge is 0.489 e. The zero-order chi connectivity index (χ0) is 21.0. The van der Waals surface area contributed by atoms with Crippen LogP contribution < -0.4 is 15.8 Å². The number of hydrogen-bond acceptors (Lipinski definition) is 4. The number of nitrogens with one attached hydrogen (secondary N) is 1. The molecule has 2 atom stereocenters. The van der Waals surface area contributed by atoms with Crippen molar-refractivity contribution in [1.82, 2.24) is 5.32 Å². The Morgan fingerprint density at radius 3 is 2.61 bits per heavy atom. The molecule has 3 aliphatic rings. The van der Waals surface area contributed by atoms with Crippen LogP contribution >= 0.6 is 12.4 Å². The van der Waals surface area contributed by atoms with Gasteiger partial charge in [-0.15, -0.1) is 12.4 Å². The summed E-state index contributed by atoms with van der Waals surface area (Å²) in [6.45, 7) is 1.79. The second kappa shape index (κ2) is 10.3. The number of amides is 1. The minimum atomic E-state index is -0.228. The standard InChI is InChI=1S/C24H33FN2O3.ClH/c25-14-18(15-26)16-30-21-4-2-19(3-5-21)23-8-1-9-24(17-23,11-10-23)22(28)27-20-6-12-29-13-7-20;/h2-5,14,20H,1,6-13,15-17,26H2,(H,27,28);1H/b18-14+;. The first-order valence-corrected chi connectivity index (χ1v) is 11.2. The Hall–Kier alpha value is -1.63. The number of rotatable bonds is 7. The van der Waals surface area contributed by atoms with Crippen molar-refractivity contribution in [2.24, 2.45) is 11.1 Å². The highest BCUT2D eigenvalue weighted by Crippen LogP contribution is 2.59. The van der Waals surface area contributed by atoms with Crippen molar-refractivity contribution >= 4 is 18.3 Å². The third kappa shape index (κ3) is 5.07. The van der Waals surface area contributed by atoms with Crippen molar-refractivity contribution in [3.63, 3.8) is 0 Å². The number of benzene rings is 1. The van der Waals surface area contributed by atoms with E-state index in [1.54, 1.807) is 0 Å². The highest BCUT2D eigenvalue weighted by molar-refractivity contribution is 5.85. The predicted octanol–water partition coefficient (Wildman–Crippen LogP) is 4.19. The van der Waals surface area contributed by atoms with E-state index in [1.165, 1.54) is 5.56 Å². The van der Waals surface area contributed by atoms with Gasteiger partial charge in [-0.05, 0) is 68.1 Å². The summed E-state index contributed by atoms with van der Waals surface area (Å²) >= 11 is 0. The van der Waals surface area contributed by atoms with Gasteiger partial charge >= 0.3 is 0 Å². The third-order valence-corrected chi connectivity index (χ3v) is 7.42. The van der Waals surface area contributed by atoms with E-state index in [9.17, 15) is 9.18 Å². The van der Waals surface area contributed by atoms with Gasteiger partial charge in [-0.3, -0.25) is 4.79 Å². The molecule has 2 bridgehead atoms. The average Bonchev–Trinajstić information content (AvgIpc) is 3.07. The normalized spacial score (nSPS) is 28.6. The topological polar surface area (TPSA) is 73.6 Å². The molecular weight excluding hydrogens is 419 g/mol. The molecule has 1 aromatic carbocycles. The number of nitrogens with two attached hydrogens (primary N) is 1. The number of fused-ring (bicyclic) bond motifs is 2. The molecule has 5 nitrogen and oxygen atoms in total. The van der Waals surface area contributed by atoms with Crippen LogP contribution in [0, 0.1) is 5.41 Å². The zero-order valence-corrected chi connectivity index (χ0v) is 18.9. The number of carbonyl (C=O) groups is 1. The Morgan fingerprint density at radius 2 is 1.94 bits per heavy atom. The van der Waals surface area contributed by atoms with Crippen LogP contribution in [0.15, 0.2) is 36.2 Å².